The quantitative estimate of drug-likeness (QED) is 0.562. The summed E-state index contributed by atoms with van der Waals surface area (Å²) in [6.45, 7) is 2.04. The number of nitrogens with one attached hydrogen (secondary N) is 1. The zero-order valence-electron chi connectivity index (χ0n) is 13.9. The SMILES string of the molecule is O=C(Cc1ccc2n[nH]c(I)c2c1)C(c1ccsc1)N1CCCCC1. The maximum absolute atomic E-state index is 13.2. The fourth-order valence-electron chi connectivity index (χ4n) is 3.64. The van der Waals surface area contributed by atoms with Crippen molar-refractivity contribution in [2.24, 2.45) is 0 Å². The summed E-state index contributed by atoms with van der Waals surface area (Å²) in [7, 11) is 0. The van der Waals surface area contributed by atoms with E-state index in [0.29, 0.717) is 6.42 Å². The number of ketones is 1. The van der Waals surface area contributed by atoms with E-state index >= 15 is 0 Å². The van der Waals surface area contributed by atoms with Crippen molar-refractivity contribution in [2.45, 2.75) is 31.7 Å². The summed E-state index contributed by atoms with van der Waals surface area (Å²) in [6.07, 6.45) is 4.12. The number of Topliss-reactive ketones (excluding diaryl/α,β-unsaturated/α-hetero) is 1. The van der Waals surface area contributed by atoms with Crippen LogP contribution in [0, 0.1) is 3.70 Å². The largest absolute Gasteiger partial charge is 0.297 e. The number of aromatic nitrogens is 2. The molecule has 0 saturated carbocycles. The summed E-state index contributed by atoms with van der Waals surface area (Å²) < 4.78 is 1.02. The van der Waals surface area contributed by atoms with Gasteiger partial charge in [-0.1, -0.05) is 12.5 Å². The van der Waals surface area contributed by atoms with Gasteiger partial charge in [0.15, 0.2) is 5.78 Å². The smallest absolute Gasteiger partial charge is 0.158 e. The third-order valence-electron chi connectivity index (χ3n) is 4.87. The first-order chi connectivity index (χ1) is 12.2. The highest BCUT2D eigenvalue weighted by Crippen LogP contribution is 2.29. The summed E-state index contributed by atoms with van der Waals surface area (Å²) in [5.74, 6) is 0.290. The van der Waals surface area contributed by atoms with Crippen molar-refractivity contribution < 1.29 is 4.79 Å². The van der Waals surface area contributed by atoms with Crippen LogP contribution >= 0.6 is 33.9 Å². The molecule has 0 bridgehead atoms. The molecule has 3 heterocycles. The van der Waals surface area contributed by atoms with Crippen molar-refractivity contribution in [2.75, 3.05) is 13.1 Å². The van der Waals surface area contributed by atoms with Crippen LogP contribution in [0.5, 0.6) is 0 Å². The van der Waals surface area contributed by atoms with Crippen LogP contribution in [0.25, 0.3) is 10.9 Å². The molecule has 1 aliphatic rings. The Labute approximate surface area is 164 Å². The molecule has 4 rings (SSSR count). The molecular formula is C19H20IN3OS. The van der Waals surface area contributed by atoms with Crippen LogP contribution in [-0.4, -0.2) is 34.0 Å². The van der Waals surface area contributed by atoms with E-state index in [-0.39, 0.29) is 11.8 Å². The minimum absolute atomic E-state index is 0.106. The minimum Gasteiger partial charge on any atom is -0.297 e. The van der Waals surface area contributed by atoms with Crippen molar-refractivity contribution >= 4 is 50.6 Å². The van der Waals surface area contributed by atoms with Crippen LogP contribution in [0.4, 0.5) is 0 Å². The number of H-pyrrole nitrogens is 1. The average Bonchev–Trinajstić information content (AvgIpc) is 3.27. The zero-order valence-corrected chi connectivity index (χ0v) is 16.8. The zero-order chi connectivity index (χ0) is 17.2. The normalized spacial score (nSPS) is 17.0. The number of hydrogen-bond acceptors (Lipinski definition) is 4. The lowest BCUT2D eigenvalue weighted by atomic mass is 9.96. The first-order valence-electron chi connectivity index (χ1n) is 8.64. The summed E-state index contributed by atoms with van der Waals surface area (Å²) in [4.78, 5) is 15.6. The van der Waals surface area contributed by atoms with Gasteiger partial charge in [0, 0.05) is 11.8 Å². The van der Waals surface area contributed by atoms with Gasteiger partial charge in [-0.3, -0.25) is 14.8 Å². The van der Waals surface area contributed by atoms with E-state index in [9.17, 15) is 4.79 Å². The third-order valence-corrected chi connectivity index (χ3v) is 6.39. The topological polar surface area (TPSA) is 49.0 Å². The predicted octanol–water partition coefficient (Wildman–Crippen LogP) is 4.57. The number of benzene rings is 1. The number of rotatable bonds is 5. The molecule has 0 aliphatic carbocycles. The molecule has 130 valence electrons. The number of halogens is 1. The molecule has 2 aromatic heterocycles. The van der Waals surface area contributed by atoms with Crippen molar-refractivity contribution in [3.8, 4) is 0 Å². The van der Waals surface area contributed by atoms with Gasteiger partial charge in [0.1, 0.15) is 3.70 Å². The molecule has 0 radical (unpaired) electrons. The standard InChI is InChI=1S/C19H20IN3OS/c20-19-15-10-13(4-5-16(15)21-22-19)11-17(24)18(14-6-9-25-12-14)23-7-2-1-3-8-23/h4-6,9-10,12,18H,1-3,7-8,11H2,(H,21,22). The van der Waals surface area contributed by atoms with Crippen molar-refractivity contribution in [3.05, 3.63) is 49.9 Å². The predicted molar refractivity (Wildman–Crippen MR) is 110 cm³/mol. The van der Waals surface area contributed by atoms with Crippen molar-refractivity contribution in [1.29, 1.82) is 0 Å². The van der Waals surface area contributed by atoms with Gasteiger partial charge in [0.2, 0.25) is 0 Å². The Hall–Kier alpha value is -1.25. The van der Waals surface area contributed by atoms with Crippen LogP contribution < -0.4 is 0 Å². The Kier molecular flexibility index (Phi) is 5.19. The monoisotopic (exact) mass is 465 g/mol. The van der Waals surface area contributed by atoms with E-state index in [2.05, 4.69) is 60.6 Å². The number of fused-ring (bicyclic) bond motifs is 1. The van der Waals surface area contributed by atoms with Crippen LogP contribution in [0.2, 0.25) is 0 Å². The van der Waals surface area contributed by atoms with Gasteiger partial charge in [0.25, 0.3) is 0 Å². The summed E-state index contributed by atoms with van der Waals surface area (Å²) >= 11 is 3.92. The number of likely N-dealkylation sites (tertiary alicyclic amines) is 1. The lowest BCUT2D eigenvalue weighted by Crippen LogP contribution is -2.38. The minimum atomic E-state index is -0.106. The molecule has 1 aromatic carbocycles. The number of hydrogen-bond donors (Lipinski definition) is 1. The van der Waals surface area contributed by atoms with Gasteiger partial charge in [-0.05, 0) is 88.6 Å². The van der Waals surface area contributed by atoms with E-state index in [1.54, 1.807) is 11.3 Å². The van der Waals surface area contributed by atoms with E-state index in [1.165, 1.54) is 19.3 Å². The van der Waals surface area contributed by atoms with Crippen molar-refractivity contribution in [1.82, 2.24) is 15.1 Å². The van der Waals surface area contributed by atoms with Crippen LogP contribution in [-0.2, 0) is 11.2 Å². The molecule has 1 N–H and O–H groups in total. The lowest BCUT2D eigenvalue weighted by molar-refractivity contribution is -0.124. The Morgan fingerprint density at radius 2 is 2.12 bits per heavy atom. The number of carbonyl (C=O) groups excluding carboxylic acids is 1. The Balaban J connectivity index is 1.59. The first kappa shape index (κ1) is 17.2. The Morgan fingerprint density at radius 1 is 1.28 bits per heavy atom. The molecule has 1 unspecified atom stereocenters. The molecule has 0 amide bonds. The molecule has 1 saturated heterocycles. The molecule has 6 heteroatoms. The van der Waals surface area contributed by atoms with Gasteiger partial charge in [-0.15, -0.1) is 0 Å². The van der Waals surface area contributed by atoms with Gasteiger partial charge >= 0.3 is 0 Å². The fourth-order valence-corrected chi connectivity index (χ4v) is 4.87. The number of thiophene rings is 1. The Morgan fingerprint density at radius 3 is 2.88 bits per heavy atom. The van der Waals surface area contributed by atoms with E-state index in [0.717, 1.165) is 38.8 Å². The first-order valence-corrected chi connectivity index (χ1v) is 10.7. The van der Waals surface area contributed by atoms with E-state index in [4.69, 9.17) is 0 Å². The number of aromatic amines is 1. The lowest BCUT2D eigenvalue weighted by Gasteiger charge is -2.33. The summed E-state index contributed by atoms with van der Waals surface area (Å²) in [5, 5.41) is 12.5. The van der Waals surface area contributed by atoms with Gasteiger partial charge < -0.3 is 0 Å². The molecule has 1 aliphatic heterocycles. The fraction of sp³-hybridized carbons (Fsp3) is 0.368. The second-order valence-electron chi connectivity index (χ2n) is 6.59. The third kappa shape index (κ3) is 3.66. The van der Waals surface area contributed by atoms with Crippen LogP contribution in [0.1, 0.15) is 36.4 Å². The molecule has 1 fully saturated rings. The molecular weight excluding hydrogens is 445 g/mol. The van der Waals surface area contributed by atoms with Gasteiger partial charge in [0.05, 0.1) is 11.6 Å². The molecule has 25 heavy (non-hydrogen) atoms. The van der Waals surface area contributed by atoms with Gasteiger partial charge in [-0.25, -0.2) is 0 Å². The molecule has 3 aromatic rings. The number of piperidine rings is 1. The van der Waals surface area contributed by atoms with Crippen LogP contribution in [0.3, 0.4) is 0 Å². The maximum atomic E-state index is 13.2. The van der Waals surface area contributed by atoms with Crippen LogP contribution in [0.15, 0.2) is 35.0 Å². The average molecular weight is 465 g/mol. The van der Waals surface area contributed by atoms with E-state index < -0.39 is 0 Å². The highest BCUT2D eigenvalue weighted by Gasteiger charge is 2.28. The Bertz CT molecular complexity index is 868. The second-order valence-corrected chi connectivity index (χ2v) is 8.45. The summed E-state index contributed by atoms with van der Waals surface area (Å²) in [5.41, 5.74) is 3.16. The number of nitrogens with zero attached hydrogens (tertiary/aromatic N) is 2. The van der Waals surface area contributed by atoms with E-state index in [1.807, 2.05) is 12.1 Å². The second kappa shape index (κ2) is 7.55. The maximum Gasteiger partial charge on any atom is 0.158 e. The highest BCUT2D eigenvalue weighted by molar-refractivity contribution is 14.1. The highest BCUT2D eigenvalue weighted by atomic mass is 127. The summed E-state index contributed by atoms with van der Waals surface area (Å²) in [6, 6.07) is 8.11. The molecule has 1 atom stereocenters. The molecule has 4 nitrogen and oxygen atoms in total. The molecule has 0 spiro atoms. The van der Waals surface area contributed by atoms with Gasteiger partial charge in [-0.2, -0.15) is 16.4 Å². The van der Waals surface area contributed by atoms with Crippen molar-refractivity contribution in [3.63, 3.8) is 0 Å². The number of carbonyl (C=O) groups is 1.